The third-order valence-corrected chi connectivity index (χ3v) is 7.96. The monoisotopic (exact) mass is 554 g/mol. The number of para-hydroxylation sites is 1. The van der Waals surface area contributed by atoms with Gasteiger partial charge in [0.2, 0.25) is 0 Å². The molecule has 3 heterocycles. The van der Waals surface area contributed by atoms with E-state index < -0.39 is 11.4 Å². The number of aromatic nitrogens is 2. The van der Waals surface area contributed by atoms with E-state index in [2.05, 4.69) is 10.3 Å². The lowest BCUT2D eigenvalue weighted by atomic mass is 9.85. The van der Waals surface area contributed by atoms with E-state index in [1.807, 2.05) is 80.2 Å². The summed E-state index contributed by atoms with van der Waals surface area (Å²) in [6, 6.07) is 15.2. The number of carboxylic acids is 1. The highest BCUT2D eigenvalue weighted by Gasteiger charge is 2.24. The lowest BCUT2D eigenvalue weighted by molar-refractivity contribution is -0.133. The van der Waals surface area contributed by atoms with Gasteiger partial charge in [-0.05, 0) is 46.7 Å². The van der Waals surface area contributed by atoms with Gasteiger partial charge < -0.3 is 25.5 Å². The van der Waals surface area contributed by atoms with Crippen LogP contribution in [0.3, 0.4) is 0 Å². The summed E-state index contributed by atoms with van der Waals surface area (Å²) < 4.78 is 8.36. The number of nitrogens with two attached hydrogens (primary N) is 1. The van der Waals surface area contributed by atoms with Crippen molar-refractivity contribution in [2.75, 3.05) is 18.2 Å². The number of nitrogens with zero attached hydrogens (tertiary/aromatic N) is 2. The van der Waals surface area contributed by atoms with E-state index in [1.165, 1.54) is 11.3 Å². The molecule has 0 saturated carbocycles. The minimum atomic E-state index is -0.972. The maximum atomic E-state index is 13.2. The van der Waals surface area contributed by atoms with E-state index in [4.69, 9.17) is 10.5 Å². The number of carboxylic acid groups (broad SMARTS) is 1. The van der Waals surface area contributed by atoms with Crippen molar-refractivity contribution in [3.05, 3.63) is 76.9 Å². The van der Waals surface area contributed by atoms with Gasteiger partial charge in [0.05, 0.1) is 12.8 Å². The summed E-state index contributed by atoms with van der Waals surface area (Å²) in [6.07, 6.45) is 3.28. The quantitative estimate of drug-likeness (QED) is 0.198. The molecule has 0 radical (unpaired) electrons. The number of anilines is 2. The zero-order valence-corrected chi connectivity index (χ0v) is 23.7. The van der Waals surface area contributed by atoms with Crippen LogP contribution in [0.25, 0.3) is 38.2 Å². The molecule has 204 valence electrons. The van der Waals surface area contributed by atoms with Crippen LogP contribution in [0, 0.1) is 5.41 Å². The molecule has 8 nitrogen and oxygen atoms in total. The van der Waals surface area contributed by atoms with Gasteiger partial charge in [-0.15, -0.1) is 11.3 Å². The van der Waals surface area contributed by atoms with E-state index in [1.54, 1.807) is 25.4 Å². The summed E-state index contributed by atoms with van der Waals surface area (Å²) >= 11 is 1.47. The predicted octanol–water partition coefficient (Wildman–Crippen LogP) is 6.81. The van der Waals surface area contributed by atoms with E-state index in [0.717, 1.165) is 32.1 Å². The fourth-order valence-electron chi connectivity index (χ4n) is 4.81. The highest BCUT2D eigenvalue weighted by molar-refractivity contribution is 7.18. The number of aryl methyl sites for hydroxylation is 1. The van der Waals surface area contributed by atoms with Crippen LogP contribution in [0.4, 0.5) is 11.5 Å². The van der Waals surface area contributed by atoms with Crippen LogP contribution in [0.15, 0.2) is 65.7 Å². The Hall–Kier alpha value is -4.63. The number of ether oxygens (including phenoxy) is 1. The number of carbonyl (C=O) groups is 2. The molecule has 5 rings (SSSR count). The van der Waals surface area contributed by atoms with E-state index in [9.17, 15) is 14.7 Å². The Labute approximate surface area is 235 Å². The Bertz CT molecular complexity index is 1820. The van der Waals surface area contributed by atoms with Gasteiger partial charge in [-0.25, -0.2) is 9.78 Å². The molecule has 2 aromatic carbocycles. The summed E-state index contributed by atoms with van der Waals surface area (Å²) in [5.74, 6) is -0.376. The maximum absolute atomic E-state index is 13.2. The average molecular weight is 555 g/mol. The Morgan fingerprint density at radius 2 is 1.90 bits per heavy atom. The van der Waals surface area contributed by atoms with Crippen LogP contribution in [0.1, 0.15) is 36.8 Å². The van der Waals surface area contributed by atoms with Gasteiger partial charge in [0.1, 0.15) is 17.3 Å². The third-order valence-electron chi connectivity index (χ3n) is 6.94. The Balaban J connectivity index is 1.52. The number of fused-ring (bicyclic) bond motifs is 2. The van der Waals surface area contributed by atoms with Crippen molar-refractivity contribution in [3.8, 4) is 16.9 Å². The molecule has 0 aliphatic heterocycles. The maximum Gasteiger partial charge on any atom is 0.332 e. The number of benzene rings is 2. The van der Waals surface area contributed by atoms with Gasteiger partial charge in [0.15, 0.2) is 0 Å². The zero-order valence-electron chi connectivity index (χ0n) is 22.9. The number of nitrogens with one attached hydrogen (secondary N) is 1. The Morgan fingerprint density at radius 3 is 2.58 bits per heavy atom. The first-order chi connectivity index (χ1) is 19.0. The van der Waals surface area contributed by atoms with Crippen LogP contribution < -0.4 is 15.8 Å². The zero-order chi connectivity index (χ0) is 28.8. The van der Waals surface area contributed by atoms with Crippen molar-refractivity contribution in [2.24, 2.45) is 12.5 Å². The first-order valence-electron chi connectivity index (χ1n) is 12.6. The number of pyridine rings is 1. The summed E-state index contributed by atoms with van der Waals surface area (Å²) in [4.78, 5) is 29.5. The first-order valence-corrected chi connectivity index (χ1v) is 13.5. The molecule has 0 spiro atoms. The van der Waals surface area contributed by atoms with E-state index in [-0.39, 0.29) is 11.5 Å². The van der Waals surface area contributed by atoms with Gasteiger partial charge in [-0.2, -0.15) is 0 Å². The second kappa shape index (κ2) is 10.2. The summed E-state index contributed by atoms with van der Waals surface area (Å²) in [5, 5.41) is 16.5. The fourth-order valence-corrected chi connectivity index (χ4v) is 5.88. The van der Waals surface area contributed by atoms with Crippen LogP contribution >= 0.6 is 11.3 Å². The molecule has 40 heavy (non-hydrogen) atoms. The van der Waals surface area contributed by atoms with Crippen LogP contribution in [-0.4, -0.2) is 33.6 Å². The van der Waals surface area contributed by atoms with Gasteiger partial charge >= 0.3 is 5.97 Å². The molecule has 0 fully saturated rings. The highest BCUT2D eigenvalue weighted by atomic mass is 32.1. The molecule has 0 unspecified atom stereocenters. The van der Waals surface area contributed by atoms with Gasteiger partial charge in [0.25, 0.3) is 5.91 Å². The lowest BCUT2D eigenvalue weighted by Crippen LogP contribution is -2.17. The first kappa shape index (κ1) is 27.0. The summed E-state index contributed by atoms with van der Waals surface area (Å²) in [7, 11) is 3.41. The molecule has 0 aliphatic carbocycles. The number of thiophene rings is 1. The number of hydrogen-bond acceptors (Lipinski definition) is 6. The number of hydrogen-bond donors (Lipinski definition) is 3. The van der Waals surface area contributed by atoms with Gasteiger partial charge in [-0.3, -0.25) is 4.79 Å². The SMILES string of the molecule is COc1cc(-c2csc3c(/C=C(/C(=O)O)C(C)(C)C)cnc(N)c23)ccc1NC(=O)c1cc2ccccc2n1C. The molecule has 0 bridgehead atoms. The normalized spacial score (nSPS) is 12.2. The van der Waals surface area contributed by atoms with E-state index in [0.29, 0.717) is 28.5 Å². The number of nitrogen functional groups attached to an aromatic ring is 1. The standard InChI is InChI=1S/C31H30N4O4S/c1-31(2,3)21(30(37)38)12-19-15-33-28(32)26-20(16-40-27(19)26)17-10-11-22(25(14-17)39-5)34-29(36)24-13-18-8-6-7-9-23(18)35(24)4/h6-16H,1-5H3,(H2,32,33)(H,34,36)(H,37,38)/b21-12-. The molecule has 4 N–H and O–H groups in total. The predicted molar refractivity (Wildman–Crippen MR) is 162 cm³/mol. The molecule has 9 heteroatoms. The van der Waals surface area contributed by atoms with Crippen molar-refractivity contribution in [1.29, 1.82) is 0 Å². The minimum Gasteiger partial charge on any atom is -0.495 e. The van der Waals surface area contributed by atoms with E-state index >= 15 is 0 Å². The number of amides is 1. The Morgan fingerprint density at radius 1 is 1.15 bits per heavy atom. The molecule has 5 aromatic rings. The molecular formula is C31H30N4O4S. The second-order valence-electron chi connectivity index (χ2n) is 10.6. The van der Waals surface area contributed by atoms with Crippen molar-refractivity contribution in [2.45, 2.75) is 20.8 Å². The average Bonchev–Trinajstić information content (AvgIpc) is 3.50. The largest absolute Gasteiger partial charge is 0.495 e. The topological polar surface area (TPSA) is 119 Å². The van der Waals surface area contributed by atoms with Gasteiger partial charge in [-0.1, -0.05) is 45.0 Å². The number of methoxy groups -OCH3 is 1. The summed E-state index contributed by atoms with van der Waals surface area (Å²) in [5.41, 5.74) is 10.5. The molecule has 1 amide bonds. The molecule has 3 aromatic heterocycles. The van der Waals surface area contributed by atoms with Crippen LogP contribution in [0.5, 0.6) is 5.75 Å². The van der Waals surface area contributed by atoms with Crippen molar-refractivity contribution in [3.63, 3.8) is 0 Å². The van der Waals surface area contributed by atoms with Crippen molar-refractivity contribution < 1.29 is 19.4 Å². The van der Waals surface area contributed by atoms with Crippen LogP contribution in [-0.2, 0) is 11.8 Å². The molecule has 0 atom stereocenters. The minimum absolute atomic E-state index is 0.247. The summed E-state index contributed by atoms with van der Waals surface area (Å²) in [6.45, 7) is 5.59. The fraction of sp³-hybridized carbons (Fsp3) is 0.194. The molecule has 0 saturated heterocycles. The third kappa shape index (κ3) is 4.80. The molecular weight excluding hydrogens is 524 g/mol. The van der Waals surface area contributed by atoms with Gasteiger partial charge in [0, 0.05) is 50.9 Å². The lowest BCUT2D eigenvalue weighted by Gasteiger charge is -2.19. The van der Waals surface area contributed by atoms with Crippen molar-refractivity contribution in [1.82, 2.24) is 9.55 Å². The number of aliphatic carboxylic acids is 1. The second-order valence-corrected chi connectivity index (χ2v) is 11.5. The molecule has 0 aliphatic rings. The number of carbonyl (C=O) groups excluding carboxylic acids is 1. The van der Waals surface area contributed by atoms with Crippen molar-refractivity contribution >= 4 is 61.8 Å². The highest BCUT2D eigenvalue weighted by Crippen LogP contribution is 2.42. The van der Waals surface area contributed by atoms with Crippen LogP contribution in [0.2, 0.25) is 0 Å². The number of rotatable bonds is 6. The smallest absolute Gasteiger partial charge is 0.332 e. The Kier molecular flexibility index (Phi) is 6.85.